The van der Waals surface area contributed by atoms with Crippen LogP contribution < -0.4 is 5.32 Å². The number of hydrogen-bond acceptors (Lipinski definition) is 22. The zero-order valence-corrected chi connectivity index (χ0v) is 54.2. The van der Waals surface area contributed by atoms with Crippen LogP contribution in [-0.2, 0) is 73.3 Å². The summed E-state index contributed by atoms with van der Waals surface area (Å²) in [6.07, 6.45) is 0. The maximum absolute atomic E-state index is 12.9. The standard InChI is InChI=1S/C35H58N4O8.C26H50N4O6/c1-33(2,3)45-30(41)24-37-17-15-36(23-29(40)44-27-28-13-11-10-12-14-28)16-18-38(25-31(42)46-34(4,5)6)20-22-39(21-19-37)26-32(43)47-35(7,8)9;1-24(2,3)34-21(31)18-28-12-10-27-11-13-29(19-22(32)35-25(4,5)6)15-17-30(16-14-28)20-23(33)36-26(7,8)9/h10-14H,15-27H2,1-9H3;27H,10-20H2,1-9H3. The summed E-state index contributed by atoms with van der Waals surface area (Å²) < 4.78 is 38.9. The number of nitrogens with zero attached hydrogens (tertiary/aromatic N) is 7. The average Bonchev–Trinajstić information content (AvgIpc) is 3.31. The molecule has 0 bridgehead atoms. The molecule has 0 spiro atoms. The molecule has 2 heterocycles. The molecule has 83 heavy (non-hydrogen) atoms. The summed E-state index contributed by atoms with van der Waals surface area (Å²) >= 11 is 0. The molecule has 2 fully saturated rings. The van der Waals surface area contributed by atoms with Crippen molar-refractivity contribution in [3.05, 3.63) is 35.9 Å². The first kappa shape index (κ1) is 74.3. The summed E-state index contributed by atoms with van der Waals surface area (Å²) in [4.78, 5) is 103. The number of carbonyl (C=O) groups excluding carboxylic acids is 7. The highest BCUT2D eigenvalue weighted by Gasteiger charge is 2.28. The first-order valence-corrected chi connectivity index (χ1v) is 29.5. The molecule has 0 unspecified atom stereocenters. The van der Waals surface area contributed by atoms with Crippen molar-refractivity contribution < 1.29 is 66.7 Å². The molecule has 1 aromatic carbocycles. The number of nitrogens with one attached hydrogen (secondary N) is 1. The molecule has 0 amide bonds. The Kier molecular flexibility index (Phi) is 31.3. The molecule has 1 aromatic rings. The van der Waals surface area contributed by atoms with Gasteiger partial charge in [0.05, 0.1) is 45.8 Å². The van der Waals surface area contributed by atoms with E-state index in [0.717, 1.165) is 5.56 Å². The molecule has 0 atom stereocenters. The Bertz CT molecular complexity index is 2050. The third kappa shape index (κ3) is 40.2. The van der Waals surface area contributed by atoms with Crippen LogP contribution in [0.25, 0.3) is 0 Å². The van der Waals surface area contributed by atoms with Crippen molar-refractivity contribution in [3.8, 4) is 0 Å². The van der Waals surface area contributed by atoms with E-state index in [4.69, 9.17) is 33.2 Å². The minimum Gasteiger partial charge on any atom is -0.460 e. The predicted octanol–water partition coefficient (Wildman–Crippen LogP) is 4.50. The normalized spacial score (nSPS) is 17.8. The van der Waals surface area contributed by atoms with Crippen LogP contribution in [0.15, 0.2) is 30.3 Å². The van der Waals surface area contributed by atoms with Gasteiger partial charge in [-0.15, -0.1) is 0 Å². The molecule has 22 nitrogen and oxygen atoms in total. The molecular weight excluding hydrogens is 1070 g/mol. The summed E-state index contributed by atoms with van der Waals surface area (Å²) in [6.45, 7) is 42.9. The predicted molar refractivity (Wildman–Crippen MR) is 319 cm³/mol. The molecule has 0 aliphatic carbocycles. The minimum atomic E-state index is -0.627. The van der Waals surface area contributed by atoms with Crippen LogP contribution in [0.2, 0.25) is 0 Å². The van der Waals surface area contributed by atoms with Crippen LogP contribution in [0.5, 0.6) is 0 Å². The molecule has 0 radical (unpaired) electrons. The summed E-state index contributed by atoms with van der Waals surface area (Å²) in [5, 5.41) is 3.40. The van der Waals surface area contributed by atoms with Gasteiger partial charge in [0.25, 0.3) is 0 Å². The lowest BCUT2D eigenvalue weighted by molar-refractivity contribution is -0.158. The fraction of sp³-hybridized carbons (Fsp3) is 0.787. The van der Waals surface area contributed by atoms with Gasteiger partial charge in [-0.25, -0.2) is 0 Å². The highest BCUT2D eigenvalue weighted by Crippen LogP contribution is 2.14. The monoisotopic (exact) mass is 1180 g/mol. The zero-order valence-electron chi connectivity index (χ0n) is 54.2. The van der Waals surface area contributed by atoms with Gasteiger partial charge in [-0.05, 0) is 130 Å². The van der Waals surface area contributed by atoms with Crippen molar-refractivity contribution >= 4 is 41.8 Å². The Hall–Kier alpha value is -4.81. The molecule has 22 heteroatoms. The van der Waals surface area contributed by atoms with Crippen molar-refractivity contribution in [3.63, 3.8) is 0 Å². The second-order valence-electron chi connectivity index (χ2n) is 27.3. The first-order chi connectivity index (χ1) is 38.2. The van der Waals surface area contributed by atoms with E-state index in [1.54, 1.807) is 0 Å². The molecule has 1 N–H and O–H groups in total. The van der Waals surface area contributed by atoms with Gasteiger partial charge in [0.1, 0.15) is 40.2 Å². The lowest BCUT2D eigenvalue weighted by Gasteiger charge is -2.34. The Labute approximate surface area is 497 Å². The molecular formula is C61H108N8O14. The third-order valence-corrected chi connectivity index (χ3v) is 11.8. The molecule has 476 valence electrons. The summed E-state index contributed by atoms with van der Waals surface area (Å²) in [5.74, 6) is -2.23. The smallest absolute Gasteiger partial charge is 0.320 e. The third-order valence-electron chi connectivity index (χ3n) is 11.8. The molecule has 2 aliphatic heterocycles. The van der Waals surface area contributed by atoms with Gasteiger partial charge in [0.15, 0.2) is 0 Å². The fourth-order valence-electron chi connectivity index (χ4n) is 8.49. The SMILES string of the molecule is CC(C)(C)OC(=O)CN1CCN(CC(=O)OCc2ccccc2)CCN(CC(=O)OC(C)(C)C)CCN(CC(=O)OC(C)(C)C)CC1.CC(C)(C)OC(=O)CN1CCNCCN(CC(=O)OC(C)(C)C)CCN(CC(=O)OC(C)(C)C)CC1. The van der Waals surface area contributed by atoms with E-state index in [2.05, 4.69) is 5.32 Å². The van der Waals surface area contributed by atoms with Crippen molar-refractivity contribution in [2.45, 2.75) is 165 Å². The van der Waals surface area contributed by atoms with Gasteiger partial charge in [0, 0.05) is 105 Å². The molecule has 3 rings (SSSR count). The van der Waals surface area contributed by atoms with E-state index in [1.807, 2.05) is 189 Å². The van der Waals surface area contributed by atoms with Crippen LogP contribution in [0.1, 0.15) is 130 Å². The summed E-state index contributed by atoms with van der Waals surface area (Å²) in [7, 11) is 0. The van der Waals surface area contributed by atoms with E-state index >= 15 is 0 Å². The largest absolute Gasteiger partial charge is 0.460 e. The van der Waals surface area contributed by atoms with Crippen LogP contribution in [0.4, 0.5) is 0 Å². The molecule has 2 saturated heterocycles. The van der Waals surface area contributed by atoms with Gasteiger partial charge in [0.2, 0.25) is 0 Å². The van der Waals surface area contributed by atoms with E-state index in [-0.39, 0.29) is 94.2 Å². The number of benzene rings is 1. The van der Waals surface area contributed by atoms with Crippen LogP contribution in [0.3, 0.4) is 0 Å². The van der Waals surface area contributed by atoms with E-state index in [0.29, 0.717) is 105 Å². The number of esters is 7. The summed E-state index contributed by atoms with van der Waals surface area (Å²) in [5.41, 5.74) is -2.62. The molecule has 0 saturated carbocycles. The van der Waals surface area contributed by atoms with Crippen molar-refractivity contribution in [1.29, 1.82) is 0 Å². The summed E-state index contributed by atoms with van der Waals surface area (Å²) in [6, 6.07) is 9.50. The lowest BCUT2D eigenvalue weighted by atomic mass is 10.2. The van der Waals surface area contributed by atoms with Gasteiger partial charge in [-0.1, -0.05) is 30.3 Å². The quantitative estimate of drug-likeness (QED) is 0.178. The Morgan fingerprint density at radius 1 is 0.313 bits per heavy atom. The van der Waals surface area contributed by atoms with Gasteiger partial charge < -0.3 is 38.5 Å². The Morgan fingerprint density at radius 3 is 0.711 bits per heavy atom. The topological polar surface area (TPSA) is 219 Å². The fourth-order valence-corrected chi connectivity index (χ4v) is 8.49. The molecule has 2 aliphatic rings. The first-order valence-electron chi connectivity index (χ1n) is 29.5. The van der Waals surface area contributed by atoms with Crippen LogP contribution in [-0.4, -0.2) is 260 Å². The second kappa shape index (κ2) is 35.0. The van der Waals surface area contributed by atoms with E-state index in [9.17, 15) is 33.6 Å². The average molecular weight is 1180 g/mol. The maximum Gasteiger partial charge on any atom is 0.320 e. The molecule has 0 aromatic heterocycles. The zero-order chi connectivity index (χ0) is 62.8. The lowest BCUT2D eigenvalue weighted by Crippen LogP contribution is -2.50. The second-order valence-corrected chi connectivity index (χ2v) is 27.3. The van der Waals surface area contributed by atoms with Gasteiger partial charge in [-0.3, -0.25) is 67.9 Å². The van der Waals surface area contributed by atoms with Crippen LogP contribution >= 0.6 is 0 Å². The minimum absolute atomic E-state index is 0.0537. The number of carbonyl (C=O) groups is 7. The number of ether oxygens (including phenoxy) is 7. The van der Waals surface area contributed by atoms with Crippen molar-refractivity contribution in [2.75, 3.05) is 151 Å². The van der Waals surface area contributed by atoms with Crippen molar-refractivity contribution in [1.82, 2.24) is 39.6 Å². The highest BCUT2D eigenvalue weighted by atomic mass is 16.6. The van der Waals surface area contributed by atoms with E-state index < -0.39 is 33.6 Å². The van der Waals surface area contributed by atoms with E-state index in [1.165, 1.54) is 0 Å². The Balaban J connectivity index is 0.000000588. The van der Waals surface area contributed by atoms with Gasteiger partial charge >= 0.3 is 41.8 Å². The number of rotatable bonds is 16. The van der Waals surface area contributed by atoms with Crippen molar-refractivity contribution in [2.24, 2.45) is 0 Å². The van der Waals surface area contributed by atoms with Crippen LogP contribution in [0, 0.1) is 0 Å². The Morgan fingerprint density at radius 2 is 0.506 bits per heavy atom. The van der Waals surface area contributed by atoms with Gasteiger partial charge in [-0.2, -0.15) is 0 Å². The number of hydrogen-bond donors (Lipinski definition) is 1. The maximum atomic E-state index is 12.9. The highest BCUT2D eigenvalue weighted by molar-refractivity contribution is 5.74.